The molecular formula is C16H16BrNO. The first-order chi connectivity index (χ1) is 9.31. The first-order valence-electron chi connectivity index (χ1n) is 6.55. The second kappa shape index (κ2) is 5.66. The molecule has 98 valence electrons. The number of halogens is 1. The number of hydrogen-bond donors (Lipinski definition) is 1. The van der Waals surface area contributed by atoms with Gasteiger partial charge in [0.15, 0.2) is 0 Å². The lowest BCUT2D eigenvalue weighted by molar-refractivity contribution is 0.306. The largest absolute Gasteiger partial charge is 0.489 e. The van der Waals surface area contributed by atoms with Crippen LogP contribution in [0.15, 0.2) is 46.9 Å². The summed E-state index contributed by atoms with van der Waals surface area (Å²) in [7, 11) is 0. The third-order valence-electron chi connectivity index (χ3n) is 3.33. The monoisotopic (exact) mass is 317 g/mol. The summed E-state index contributed by atoms with van der Waals surface area (Å²) in [5.41, 5.74) is 3.89. The minimum absolute atomic E-state index is 0.608. The number of benzene rings is 2. The molecule has 1 aliphatic rings. The van der Waals surface area contributed by atoms with Gasteiger partial charge in [0.2, 0.25) is 0 Å². The molecular weight excluding hydrogens is 302 g/mol. The molecule has 0 atom stereocenters. The van der Waals surface area contributed by atoms with Crippen LogP contribution in [-0.4, -0.2) is 6.54 Å². The molecule has 19 heavy (non-hydrogen) atoms. The number of fused-ring (bicyclic) bond motifs is 1. The maximum Gasteiger partial charge on any atom is 0.119 e. The van der Waals surface area contributed by atoms with Crippen molar-refractivity contribution in [3.8, 4) is 5.75 Å². The number of aryl methyl sites for hydroxylation is 1. The minimum Gasteiger partial charge on any atom is -0.489 e. The summed E-state index contributed by atoms with van der Waals surface area (Å²) in [4.78, 5) is 0. The molecule has 1 N–H and O–H groups in total. The predicted octanol–water partition coefficient (Wildman–Crippen LogP) is 4.39. The van der Waals surface area contributed by atoms with Crippen LogP contribution in [0.3, 0.4) is 0 Å². The highest BCUT2D eigenvalue weighted by Gasteiger charge is 2.08. The van der Waals surface area contributed by atoms with E-state index in [1.54, 1.807) is 0 Å². The van der Waals surface area contributed by atoms with E-state index in [-0.39, 0.29) is 0 Å². The van der Waals surface area contributed by atoms with Crippen molar-refractivity contribution < 1.29 is 4.74 Å². The summed E-state index contributed by atoms with van der Waals surface area (Å²) in [6.45, 7) is 1.68. The Labute approximate surface area is 121 Å². The Bertz CT molecular complexity index is 565. The van der Waals surface area contributed by atoms with Crippen molar-refractivity contribution in [2.75, 3.05) is 11.9 Å². The molecule has 1 heterocycles. The average Bonchev–Trinajstić information content (AvgIpc) is 2.46. The van der Waals surface area contributed by atoms with Crippen LogP contribution in [0.25, 0.3) is 0 Å². The number of hydrogen-bond acceptors (Lipinski definition) is 2. The molecule has 0 saturated carbocycles. The summed E-state index contributed by atoms with van der Waals surface area (Å²) in [6.07, 6.45) is 2.40. The molecule has 0 unspecified atom stereocenters. The van der Waals surface area contributed by atoms with E-state index in [1.165, 1.54) is 29.7 Å². The van der Waals surface area contributed by atoms with Crippen molar-refractivity contribution in [3.63, 3.8) is 0 Å². The van der Waals surface area contributed by atoms with E-state index in [2.05, 4.69) is 39.4 Å². The Hall–Kier alpha value is -1.48. The summed E-state index contributed by atoms with van der Waals surface area (Å²) in [5.74, 6) is 0.897. The third kappa shape index (κ3) is 3.10. The van der Waals surface area contributed by atoms with Crippen molar-refractivity contribution in [2.24, 2.45) is 0 Å². The van der Waals surface area contributed by atoms with E-state index >= 15 is 0 Å². The van der Waals surface area contributed by atoms with E-state index in [9.17, 15) is 0 Å². The standard InChI is InChI=1S/C16H16BrNO/c17-14-5-7-15(8-6-14)19-11-12-3-4-13-2-1-9-18-16(13)10-12/h3-8,10,18H,1-2,9,11H2. The van der Waals surface area contributed by atoms with Gasteiger partial charge in [-0.3, -0.25) is 0 Å². The van der Waals surface area contributed by atoms with Gasteiger partial charge < -0.3 is 10.1 Å². The van der Waals surface area contributed by atoms with E-state index in [0.717, 1.165) is 16.8 Å². The second-order valence-electron chi connectivity index (χ2n) is 4.76. The van der Waals surface area contributed by atoms with Crippen LogP contribution in [0.1, 0.15) is 17.5 Å². The van der Waals surface area contributed by atoms with Gasteiger partial charge in [-0.05, 0) is 54.3 Å². The van der Waals surface area contributed by atoms with Crippen LogP contribution in [0, 0.1) is 0 Å². The molecule has 0 aliphatic carbocycles. The highest BCUT2D eigenvalue weighted by atomic mass is 79.9. The summed E-state index contributed by atoms with van der Waals surface area (Å²) >= 11 is 3.42. The summed E-state index contributed by atoms with van der Waals surface area (Å²) in [6, 6.07) is 14.5. The fourth-order valence-electron chi connectivity index (χ4n) is 2.30. The normalized spacial score (nSPS) is 13.5. The van der Waals surface area contributed by atoms with Crippen molar-refractivity contribution in [3.05, 3.63) is 58.1 Å². The molecule has 0 aromatic heterocycles. The van der Waals surface area contributed by atoms with E-state index in [1.807, 2.05) is 24.3 Å². The Morgan fingerprint density at radius 1 is 1.11 bits per heavy atom. The molecule has 0 radical (unpaired) electrons. The Kier molecular flexibility index (Phi) is 3.74. The van der Waals surface area contributed by atoms with Gasteiger partial charge in [-0.1, -0.05) is 28.1 Å². The summed E-state index contributed by atoms with van der Waals surface area (Å²) in [5, 5.41) is 3.45. The van der Waals surface area contributed by atoms with Gasteiger partial charge >= 0.3 is 0 Å². The maximum absolute atomic E-state index is 5.79. The van der Waals surface area contributed by atoms with Gasteiger partial charge in [0.05, 0.1) is 0 Å². The lowest BCUT2D eigenvalue weighted by atomic mass is 10.0. The summed E-state index contributed by atoms with van der Waals surface area (Å²) < 4.78 is 6.86. The molecule has 0 saturated heterocycles. The quantitative estimate of drug-likeness (QED) is 0.906. The maximum atomic E-state index is 5.79. The Morgan fingerprint density at radius 3 is 2.79 bits per heavy atom. The molecule has 0 bridgehead atoms. The van der Waals surface area contributed by atoms with Crippen LogP contribution < -0.4 is 10.1 Å². The van der Waals surface area contributed by atoms with E-state index < -0.39 is 0 Å². The van der Waals surface area contributed by atoms with Crippen LogP contribution in [0.4, 0.5) is 5.69 Å². The highest BCUT2D eigenvalue weighted by molar-refractivity contribution is 9.10. The van der Waals surface area contributed by atoms with Crippen molar-refractivity contribution in [1.82, 2.24) is 0 Å². The molecule has 0 fully saturated rings. The Balaban J connectivity index is 1.68. The van der Waals surface area contributed by atoms with Gasteiger partial charge in [0.25, 0.3) is 0 Å². The topological polar surface area (TPSA) is 21.3 Å². The van der Waals surface area contributed by atoms with Crippen molar-refractivity contribution in [2.45, 2.75) is 19.4 Å². The molecule has 3 heteroatoms. The van der Waals surface area contributed by atoms with Crippen LogP contribution in [0.2, 0.25) is 0 Å². The molecule has 2 nitrogen and oxygen atoms in total. The van der Waals surface area contributed by atoms with Crippen LogP contribution >= 0.6 is 15.9 Å². The molecule has 2 aromatic rings. The molecule has 1 aliphatic heterocycles. The van der Waals surface area contributed by atoms with Gasteiger partial charge in [-0.2, -0.15) is 0 Å². The zero-order valence-electron chi connectivity index (χ0n) is 10.7. The van der Waals surface area contributed by atoms with E-state index in [0.29, 0.717) is 6.61 Å². The van der Waals surface area contributed by atoms with Crippen LogP contribution in [-0.2, 0) is 13.0 Å². The number of ether oxygens (including phenoxy) is 1. The fourth-order valence-corrected chi connectivity index (χ4v) is 2.56. The average molecular weight is 318 g/mol. The molecule has 0 amide bonds. The second-order valence-corrected chi connectivity index (χ2v) is 5.68. The van der Waals surface area contributed by atoms with E-state index in [4.69, 9.17) is 4.74 Å². The first-order valence-corrected chi connectivity index (χ1v) is 7.34. The van der Waals surface area contributed by atoms with Crippen LogP contribution in [0.5, 0.6) is 5.75 Å². The number of rotatable bonds is 3. The smallest absolute Gasteiger partial charge is 0.119 e. The highest BCUT2D eigenvalue weighted by Crippen LogP contribution is 2.24. The molecule has 0 spiro atoms. The zero-order chi connectivity index (χ0) is 13.1. The molecule has 2 aromatic carbocycles. The lowest BCUT2D eigenvalue weighted by Crippen LogP contribution is -2.12. The molecule has 3 rings (SSSR count). The number of anilines is 1. The SMILES string of the molecule is Brc1ccc(OCc2ccc3c(c2)NCCC3)cc1. The minimum atomic E-state index is 0.608. The lowest BCUT2D eigenvalue weighted by Gasteiger charge is -2.18. The zero-order valence-corrected chi connectivity index (χ0v) is 12.2. The van der Waals surface area contributed by atoms with Crippen molar-refractivity contribution in [1.29, 1.82) is 0 Å². The predicted molar refractivity (Wildman–Crippen MR) is 81.7 cm³/mol. The van der Waals surface area contributed by atoms with Gasteiger partial charge in [-0.25, -0.2) is 0 Å². The number of nitrogens with one attached hydrogen (secondary N) is 1. The van der Waals surface area contributed by atoms with Gasteiger partial charge in [0, 0.05) is 16.7 Å². The van der Waals surface area contributed by atoms with Gasteiger partial charge in [0.1, 0.15) is 12.4 Å². The van der Waals surface area contributed by atoms with Crippen molar-refractivity contribution >= 4 is 21.6 Å². The third-order valence-corrected chi connectivity index (χ3v) is 3.86. The van der Waals surface area contributed by atoms with Gasteiger partial charge in [-0.15, -0.1) is 0 Å². The Morgan fingerprint density at radius 2 is 1.95 bits per heavy atom. The first kappa shape index (κ1) is 12.5. The fraction of sp³-hybridized carbons (Fsp3) is 0.250.